The van der Waals surface area contributed by atoms with Crippen molar-refractivity contribution >= 4 is 23.3 Å². The van der Waals surface area contributed by atoms with Crippen molar-refractivity contribution in [3.63, 3.8) is 0 Å². The van der Waals surface area contributed by atoms with Crippen LogP contribution in [0.5, 0.6) is 0 Å². The van der Waals surface area contributed by atoms with E-state index >= 15 is 0 Å². The van der Waals surface area contributed by atoms with Crippen LogP contribution in [0.1, 0.15) is 70.7 Å². The lowest BCUT2D eigenvalue weighted by Crippen LogP contribution is -2.44. The fraction of sp³-hybridized carbons (Fsp3) is 0.500. The number of oxime groups is 1. The van der Waals surface area contributed by atoms with E-state index in [1.807, 2.05) is 13.0 Å². The van der Waals surface area contributed by atoms with Crippen molar-refractivity contribution in [2.45, 2.75) is 66.6 Å². The maximum absolute atomic E-state index is 12.9. The van der Waals surface area contributed by atoms with E-state index in [-0.39, 0.29) is 34.6 Å². The van der Waals surface area contributed by atoms with Crippen LogP contribution in [0.15, 0.2) is 52.7 Å². The van der Waals surface area contributed by atoms with Gasteiger partial charge in [0.2, 0.25) is 12.2 Å². The molecule has 1 aromatic carbocycles. The highest BCUT2D eigenvalue weighted by Crippen LogP contribution is 2.54. The monoisotopic (exact) mass is 454 g/mol. The lowest BCUT2D eigenvalue weighted by atomic mass is 9.54. The van der Waals surface area contributed by atoms with Crippen molar-refractivity contribution in [2.75, 3.05) is 5.32 Å². The lowest BCUT2D eigenvalue weighted by Gasteiger charge is -2.50. The minimum atomic E-state index is -1.02. The van der Waals surface area contributed by atoms with E-state index in [0.29, 0.717) is 17.8 Å². The second kappa shape index (κ2) is 9.51. The molecule has 3 N–H and O–H groups in total. The Kier molecular flexibility index (Phi) is 7.12. The Labute approximate surface area is 195 Å². The normalized spacial score (nSPS) is 23.1. The molecule has 1 saturated carbocycles. The van der Waals surface area contributed by atoms with Gasteiger partial charge in [-0.15, -0.1) is 0 Å². The Morgan fingerprint density at radius 1 is 1.15 bits per heavy atom. The van der Waals surface area contributed by atoms with Gasteiger partial charge in [0.15, 0.2) is 0 Å². The number of aliphatic hydroxyl groups is 1. The lowest BCUT2D eigenvalue weighted by molar-refractivity contribution is -0.115. The molecule has 1 amide bonds. The van der Waals surface area contributed by atoms with Crippen LogP contribution in [0, 0.1) is 16.7 Å². The van der Waals surface area contributed by atoms with Gasteiger partial charge < -0.3 is 20.4 Å². The standard InChI is InChI=1S/C26H34N2O5/c1-6-21(30)33-28-23-17(9-12-19-22(23)26(4,5)14-13-25(19,2)3)15-20(29)27-18-10-7-16(8-11-18)24(31)32/h7-12,21-22,30H,6,13-15H2,1-5H3,(H,27,29)(H,31,32)/b28-23-. The zero-order chi connectivity index (χ0) is 24.4. The summed E-state index contributed by atoms with van der Waals surface area (Å²) in [4.78, 5) is 29.3. The van der Waals surface area contributed by atoms with Gasteiger partial charge in [0.05, 0.1) is 17.7 Å². The second-order valence-corrected chi connectivity index (χ2v) is 10.2. The number of allylic oxidation sites excluding steroid dienone is 3. The van der Waals surface area contributed by atoms with Crippen LogP contribution in [0.3, 0.4) is 0 Å². The highest BCUT2D eigenvalue weighted by molar-refractivity contribution is 6.09. The van der Waals surface area contributed by atoms with E-state index in [4.69, 9.17) is 9.94 Å². The predicted octanol–water partition coefficient (Wildman–Crippen LogP) is 5.14. The molecule has 0 aliphatic heterocycles. The first-order valence-corrected chi connectivity index (χ1v) is 11.4. The van der Waals surface area contributed by atoms with E-state index in [0.717, 1.165) is 18.4 Å². The third-order valence-corrected chi connectivity index (χ3v) is 6.72. The van der Waals surface area contributed by atoms with Gasteiger partial charge >= 0.3 is 5.97 Å². The van der Waals surface area contributed by atoms with Crippen molar-refractivity contribution in [1.82, 2.24) is 0 Å². The topological polar surface area (TPSA) is 108 Å². The molecule has 2 unspecified atom stereocenters. The van der Waals surface area contributed by atoms with Crippen LogP contribution in [0.4, 0.5) is 5.69 Å². The molecule has 178 valence electrons. The van der Waals surface area contributed by atoms with Crippen LogP contribution < -0.4 is 5.32 Å². The van der Waals surface area contributed by atoms with Gasteiger partial charge in [0.1, 0.15) is 0 Å². The van der Waals surface area contributed by atoms with E-state index in [9.17, 15) is 14.7 Å². The average molecular weight is 455 g/mol. The van der Waals surface area contributed by atoms with Gasteiger partial charge in [-0.1, -0.05) is 57.5 Å². The van der Waals surface area contributed by atoms with Gasteiger partial charge in [-0.3, -0.25) is 4.79 Å². The van der Waals surface area contributed by atoms with Crippen LogP contribution in [-0.4, -0.2) is 34.1 Å². The smallest absolute Gasteiger partial charge is 0.335 e. The largest absolute Gasteiger partial charge is 0.478 e. The van der Waals surface area contributed by atoms with Gasteiger partial charge in [-0.25, -0.2) is 4.79 Å². The number of nitrogens with one attached hydrogen (secondary N) is 1. The number of aromatic carboxylic acids is 1. The number of hydrogen-bond donors (Lipinski definition) is 3. The number of amides is 1. The van der Waals surface area contributed by atoms with E-state index < -0.39 is 12.3 Å². The van der Waals surface area contributed by atoms with Crippen molar-refractivity contribution < 1.29 is 24.6 Å². The first-order chi connectivity index (χ1) is 15.4. The molecule has 0 saturated heterocycles. The number of carbonyl (C=O) groups excluding carboxylic acids is 1. The molecule has 0 spiro atoms. The van der Waals surface area contributed by atoms with Crippen molar-refractivity contribution in [2.24, 2.45) is 21.9 Å². The molecule has 2 aliphatic rings. The fourth-order valence-electron chi connectivity index (χ4n) is 4.56. The maximum atomic E-state index is 12.9. The number of aliphatic hydroxyl groups excluding tert-OH is 1. The molecular formula is C26H34N2O5. The first kappa shape index (κ1) is 24.7. The number of carboxylic acid groups (broad SMARTS) is 1. The predicted molar refractivity (Wildman–Crippen MR) is 128 cm³/mol. The van der Waals surface area contributed by atoms with Crippen molar-refractivity contribution in [3.05, 3.63) is 53.1 Å². The van der Waals surface area contributed by atoms with Crippen LogP contribution in [0.25, 0.3) is 0 Å². The van der Waals surface area contributed by atoms with Gasteiger partial charge in [0.25, 0.3) is 0 Å². The fourth-order valence-corrected chi connectivity index (χ4v) is 4.56. The third-order valence-electron chi connectivity index (χ3n) is 6.72. The Morgan fingerprint density at radius 2 is 1.82 bits per heavy atom. The van der Waals surface area contributed by atoms with Crippen LogP contribution >= 0.6 is 0 Å². The van der Waals surface area contributed by atoms with Gasteiger partial charge in [0, 0.05) is 18.0 Å². The molecule has 7 heteroatoms. The summed E-state index contributed by atoms with van der Waals surface area (Å²) in [6.07, 6.45) is 5.60. The summed E-state index contributed by atoms with van der Waals surface area (Å²) in [6.45, 7) is 10.7. The third kappa shape index (κ3) is 5.53. The summed E-state index contributed by atoms with van der Waals surface area (Å²) in [5.41, 5.74) is 3.30. The first-order valence-electron chi connectivity index (χ1n) is 11.4. The average Bonchev–Trinajstić information content (AvgIpc) is 2.75. The Balaban J connectivity index is 1.89. The number of anilines is 1. The number of carbonyl (C=O) groups is 2. The molecule has 0 heterocycles. The molecule has 1 fully saturated rings. The molecule has 33 heavy (non-hydrogen) atoms. The molecular weight excluding hydrogens is 420 g/mol. The van der Waals surface area contributed by atoms with Crippen molar-refractivity contribution in [3.8, 4) is 0 Å². The number of benzene rings is 1. The Bertz CT molecular complexity index is 1000. The zero-order valence-electron chi connectivity index (χ0n) is 20.0. The molecule has 2 atom stereocenters. The number of nitrogens with zero attached hydrogens (tertiary/aromatic N) is 1. The minimum absolute atomic E-state index is 0.000501. The number of fused-ring (bicyclic) bond motifs is 1. The number of hydrogen-bond acceptors (Lipinski definition) is 5. The van der Waals surface area contributed by atoms with E-state index in [1.54, 1.807) is 12.1 Å². The summed E-state index contributed by atoms with van der Waals surface area (Å²) in [5, 5.41) is 26.2. The Morgan fingerprint density at radius 3 is 2.42 bits per heavy atom. The quantitative estimate of drug-likeness (QED) is 0.390. The summed E-state index contributed by atoms with van der Waals surface area (Å²) in [6, 6.07) is 6.03. The second-order valence-electron chi connectivity index (χ2n) is 10.2. The number of carboxylic acids is 1. The summed E-state index contributed by atoms with van der Waals surface area (Å²) < 4.78 is 0. The summed E-state index contributed by atoms with van der Waals surface area (Å²) in [7, 11) is 0. The molecule has 7 nitrogen and oxygen atoms in total. The highest BCUT2D eigenvalue weighted by atomic mass is 16.7. The SMILES string of the molecule is CCC(O)O/N=C1/C(CC(=O)Nc2ccc(C(=O)O)cc2)=CC=C2C1C(C)(C)CCC2(C)C. The molecule has 0 radical (unpaired) electrons. The Hall–Kier alpha value is -2.93. The molecule has 3 rings (SSSR count). The van der Waals surface area contributed by atoms with Gasteiger partial charge in [-0.05, 0) is 53.5 Å². The highest BCUT2D eigenvalue weighted by Gasteiger charge is 2.48. The van der Waals surface area contributed by atoms with Crippen LogP contribution in [-0.2, 0) is 9.63 Å². The molecule has 2 aliphatic carbocycles. The van der Waals surface area contributed by atoms with Gasteiger partial charge in [-0.2, -0.15) is 0 Å². The summed E-state index contributed by atoms with van der Waals surface area (Å²) >= 11 is 0. The summed E-state index contributed by atoms with van der Waals surface area (Å²) in [5.74, 6) is -1.28. The van der Waals surface area contributed by atoms with Crippen molar-refractivity contribution in [1.29, 1.82) is 0 Å². The molecule has 0 aromatic heterocycles. The number of rotatable bonds is 7. The minimum Gasteiger partial charge on any atom is -0.478 e. The zero-order valence-corrected chi connectivity index (χ0v) is 20.0. The van der Waals surface area contributed by atoms with E-state index in [2.05, 4.69) is 44.2 Å². The maximum Gasteiger partial charge on any atom is 0.335 e. The molecule has 1 aromatic rings. The van der Waals surface area contributed by atoms with Crippen LogP contribution in [0.2, 0.25) is 0 Å². The van der Waals surface area contributed by atoms with E-state index in [1.165, 1.54) is 17.7 Å². The molecule has 0 bridgehead atoms.